The second-order valence-corrected chi connectivity index (χ2v) is 4.18. The molecule has 1 amide bonds. The van der Waals surface area contributed by atoms with Crippen molar-refractivity contribution in [3.8, 4) is 0 Å². The summed E-state index contributed by atoms with van der Waals surface area (Å²) in [4.78, 5) is 11.8. The second kappa shape index (κ2) is 6.83. The van der Waals surface area contributed by atoms with Crippen molar-refractivity contribution in [3.63, 3.8) is 0 Å². The van der Waals surface area contributed by atoms with Gasteiger partial charge in [0.15, 0.2) is 0 Å². The molecular weight excluding hydrogens is 208 g/mol. The molecule has 1 fully saturated rings. The molecule has 2 N–H and O–H groups in total. The molecule has 16 heavy (non-hydrogen) atoms. The first kappa shape index (κ1) is 13.4. The van der Waals surface area contributed by atoms with Gasteiger partial charge >= 0.3 is 0 Å². The maximum atomic E-state index is 11.8. The van der Waals surface area contributed by atoms with Gasteiger partial charge in [-0.05, 0) is 19.8 Å². The average Bonchev–Trinajstić information content (AvgIpc) is 2.71. The summed E-state index contributed by atoms with van der Waals surface area (Å²) in [6, 6.07) is 0. The van der Waals surface area contributed by atoms with Gasteiger partial charge in [0, 0.05) is 33.4 Å². The quantitative estimate of drug-likeness (QED) is 0.600. The van der Waals surface area contributed by atoms with Crippen molar-refractivity contribution in [3.05, 3.63) is 0 Å². The molecule has 0 aromatic rings. The zero-order valence-corrected chi connectivity index (χ0v) is 10.2. The lowest BCUT2D eigenvalue weighted by atomic mass is 10.0. The molecule has 0 aromatic heterocycles. The van der Waals surface area contributed by atoms with Crippen LogP contribution in [0.15, 0.2) is 0 Å². The van der Waals surface area contributed by atoms with Crippen LogP contribution in [0, 0.1) is 0 Å². The number of carbonyl (C=O) groups excluding carboxylic acids is 1. The largest absolute Gasteiger partial charge is 0.383 e. The Morgan fingerprint density at radius 1 is 1.44 bits per heavy atom. The Bertz CT molecular complexity index is 215. The second-order valence-electron chi connectivity index (χ2n) is 4.18. The summed E-state index contributed by atoms with van der Waals surface area (Å²) in [5, 5.41) is 6.04. The fraction of sp³-hybridized carbons (Fsp3) is 0.909. The molecule has 1 unspecified atom stereocenters. The number of rotatable bonds is 7. The van der Waals surface area contributed by atoms with E-state index in [-0.39, 0.29) is 5.91 Å². The van der Waals surface area contributed by atoms with Crippen molar-refractivity contribution >= 4 is 5.91 Å². The van der Waals surface area contributed by atoms with Gasteiger partial charge in [-0.15, -0.1) is 0 Å². The Morgan fingerprint density at radius 3 is 2.88 bits per heavy atom. The molecule has 0 aliphatic carbocycles. The maximum absolute atomic E-state index is 11.8. The van der Waals surface area contributed by atoms with Gasteiger partial charge < -0.3 is 20.1 Å². The van der Waals surface area contributed by atoms with E-state index in [1.807, 2.05) is 6.92 Å². The van der Waals surface area contributed by atoms with E-state index in [1.165, 1.54) is 0 Å². The predicted molar refractivity (Wildman–Crippen MR) is 61.3 cm³/mol. The highest BCUT2D eigenvalue weighted by atomic mass is 16.5. The number of hydrogen-bond acceptors (Lipinski definition) is 4. The minimum atomic E-state index is -0.605. The van der Waals surface area contributed by atoms with Crippen molar-refractivity contribution in [2.24, 2.45) is 0 Å². The first-order chi connectivity index (χ1) is 7.69. The van der Waals surface area contributed by atoms with Crippen molar-refractivity contribution in [1.82, 2.24) is 10.6 Å². The molecule has 1 saturated heterocycles. The van der Waals surface area contributed by atoms with Crippen molar-refractivity contribution in [1.29, 1.82) is 0 Å². The van der Waals surface area contributed by atoms with Crippen LogP contribution < -0.4 is 10.6 Å². The zero-order chi connectivity index (χ0) is 11.9. The zero-order valence-electron chi connectivity index (χ0n) is 10.2. The number of nitrogens with one attached hydrogen (secondary N) is 2. The van der Waals surface area contributed by atoms with Crippen LogP contribution in [0.4, 0.5) is 0 Å². The van der Waals surface area contributed by atoms with Gasteiger partial charge in [0.1, 0.15) is 5.60 Å². The summed E-state index contributed by atoms with van der Waals surface area (Å²) >= 11 is 0. The van der Waals surface area contributed by atoms with Crippen molar-refractivity contribution in [2.75, 3.05) is 40.0 Å². The molecule has 0 aromatic carbocycles. The van der Waals surface area contributed by atoms with Crippen LogP contribution in [-0.4, -0.2) is 51.5 Å². The fourth-order valence-electron chi connectivity index (χ4n) is 1.71. The number of amides is 1. The van der Waals surface area contributed by atoms with E-state index < -0.39 is 5.60 Å². The third-order valence-electron chi connectivity index (χ3n) is 2.77. The third kappa shape index (κ3) is 4.08. The number of ether oxygens (including phenoxy) is 2. The highest BCUT2D eigenvalue weighted by molar-refractivity contribution is 5.84. The smallest absolute Gasteiger partial charge is 0.252 e. The minimum absolute atomic E-state index is 0.00135. The molecule has 1 rings (SSSR count). The van der Waals surface area contributed by atoms with E-state index in [1.54, 1.807) is 7.11 Å². The fourth-order valence-corrected chi connectivity index (χ4v) is 1.71. The van der Waals surface area contributed by atoms with Gasteiger partial charge in [0.2, 0.25) is 0 Å². The number of hydrogen-bond donors (Lipinski definition) is 2. The monoisotopic (exact) mass is 230 g/mol. The van der Waals surface area contributed by atoms with E-state index in [4.69, 9.17) is 9.47 Å². The van der Waals surface area contributed by atoms with Gasteiger partial charge in [-0.25, -0.2) is 0 Å². The Hall–Kier alpha value is -0.650. The molecule has 5 nitrogen and oxygen atoms in total. The summed E-state index contributed by atoms with van der Waals surface area (Å²) in [6.45, 7) is 5.42. The summed E-state index contributed by atoms with van der Waals surface area (Å²) < 4.78 is 10.3. The first-order valence-electron chi connectivity index (χ1n) is 5.81. The molecule has 1 aliphatic heterocycles. The summed E-state index contributed by atoms with van der Waals surface area (Å²) in [5.74, 6) is -0.00135. The molecule has 0 spiro atoms. The Labute approximate surface area is 96.9 Å². The topological polar surface area (TPSA) is 59.6 Å². The van der Waals surface area contributed by atoms with Crippen molar-refractivity contribution in [2.45, 2.75) is 25.4 Å². The summed E-state index contributed by atoms with van der Waals surface area (Å²) in [6.07, 6.45) is 1.78. The lowest BCUT2D eigenvalue weighted by Crippen LogP contribution is -2.46. The lowest BCUT2D eigenvalue weighted by molar-refractivity contribution is -0.139. The molecule has 94 valence electrons. The standard InChI is InChI=1S/C11H22N2O3/c1-11(4-3-8-16-11)10(14)13-6-5-12-7-9-15-2/h12H,3-9H2,1-2H3,(H,13,14). The average molecular weight is 230 g/mol. The van der Waals surface area contributed by atoms with Crippen LogP contribution >= 0.6 is 0 Å². The van der Waals surface area contributed by atoms with E-state index in [0.29, 0.717) is 19.8 Å². The van der Waals surface area contributed by atoms with Crippen LogP contribution in [-0.2, 0) is 14.3 Å². The third-order valence-corrected chi connectivity index (χ3v) is 2.77. The normalized spacial score (nSPS) is 24.6. The molecule has 0 bridgehead atoms. The van der Waals surface area contributed by atoms with E-state index in [0.717, 1.165) is 25.9 Å². The van der Waals surface area contributed by atoms with Crippen LogP contribution in [0.1, 0.15) is 19.8 Å². The molecule has 5 heteroatoms. The van der Waals surface area contributed by atoms with Crippen molar-refractivity contribution < 1.29 is 14.3 Å². The SMILES string of the molecule is COCCNCCNC(=O)C1(C)CCCO1. The lowest BCUT2D eigenvalue weighted by Gasteiger charge is -2.21. The number of carbonyl (C=O) groups is 1. The van der Waals surface area contributed by atoms with Gasteiger partial charge in [0.05, 0.1) is 6.61 Å². The molecule has 1 aliphatic rings. The Balaban J connectivity index is 2.06. The van der Waals surface area contributed by atoms with E-state index in [9.17, 15) is 4.79 Å². The highest BCUT2D eigenvalue weighted by Gasteiger charge is 2.37. The van der Waals surface area contributed by atoms with E-state index >= 15 is 0 Å². The molecule has 1 heterocycles. The summed E-state index contributed by atoms with van der Waals surface area (Å²) in [7, 11) is 1.67. The van der Waals surface area contributed by atoms with Crippen LogP contribution in [0.2, 0.25) is 0 Å². The summed E-state index contributed by atoms with van der Waals surface area (Å²) in [5.41, 5.74) is -0.605. The van der Waals surface area contributed by atoms with Crippen LogP contribution in [0.5, 0.6) is 0 Å². The van der Waals surface area contributed by atoms with Gasteiger partial charge in [-0.2, -0.15) is 0 Å². The van der Waals surface area contributed by atoms with Crippen LogP contribution in [0.3, 0.4) is 0 Å². The van der Waals surface area contributed by atoms with Gasteiger partial charge in [-0.3, -0.25) is 4.79 Å². The van der Waals surface area contributed by atoms with E-state index in [2.05, 4.69) is 10.6 Å². The predicted octanol–water partition coefficient (Wildman–Crippen LogP) is -0.0923. The Kier molecular flexibility index (Phi) is 5.73. The molecule has 0 saturated carbocycles. The number of methoxy groups -OCH3 is 1. The maximum Gasteiger partial charge on any atom is 0.252 e. The van der Waals surface area contributed by atoms with Crippen LogP contribution in [0.25, 0.3) is 0 Å². The highest BCUT2D eigenvalue weighted by Crippen LogP contribution is 2.24. The Morgan fingerprint density at radius 2 is 2.25 bits per heavy atom. The molecule has 1 atom stereocenters. The molecular formula is C11H22N2O3. The first-order valence-corrected chi connectivity index (χ1v) is 5.81. The molecule has 0 radical (unpaired) electrons. The van der Waals surface area contributed by atoms with Gasteiger partial charge in [0.25, 0.3) is 5.91 Å². The minimum Gasteiger partial charge on any atom is -0.383 e. The van der Waals surface area contributed by atoms with Gasteiger partial charge in [-0.1, -0.05) is 0 Å².